The van der Waals surface area contributed by atoms with Crippen molar-refractivity contribution >= 4 is 50.2 Å². The monoisotopic (exact) mass is 445 g/mol. The SMILES string of the molecule is O=C(CCn1c(=O)oc2cc(Cl)ccc21)OCc1nc2sc3c(c2c(=O)[nH]1)CCC3. The number of aryl methyl sites for hydroxylation is 3. The van der Waals surface area contributed by atoms with Crippen molar-refractivity contribution < 1.29 is 13.9 Å². The van der Waals surface area contributed by atoms with Gasteiger partial charge in [-0.2, -0.15) is 0 Å². The van der Waals surface area contributed by atoms with E-state index in [1.165, 1.54) is 20.8 Å². The zero-order valence-corrected chi connectivity index (χ0v) is 17.3. The molecule has 0 atom stereocenters. The van der Waals surface area contributed by atoms with Crippen LogP contribution in [0.25, 0.3) is 21.3 Å². The molecule has 30 heavy (non-hydrogen) atoms. The molecule has 0 bridgehead atoms. The van der Waals surface area contributed by atoms with Crippen molar-refractivity contribution in [1.29, 1.82) is 0 Å². The molecule has 3 heterocycles. The van der Waals surface area contributed by atoms with Crippen molar-refractivity contribution in [3.8, 4) is 0 Å². The molecule has 8 nitrogen and oxygen atoms in total. The number of aromatic amines is 1. The van der Waals surface area contributed by atoms with Gasteiger partial charge < -0.3 is 14.1 Å². The Morgan fingerprint density at radius 1 is 1.33 bits per heavy atom. The fourth-order valence-electron chi connectivity index (χ4n) is 3.79. The van der Waals surface area contributed by atoms with Crippen LogP contribution in [0.15, 0.2) is 32.2 Å². The Kier molecular flexibility index (Phi) is 4.71. The van der Waals surface area contributed by atoms with Crippen LogP contribution in [-0.2, 0) is 35.5 Å². The summed E-state index contributed by atoms with van der Waals surface area (Å²) in [5, 5.41) is 1.12. The van der Waals surface area contributed by atoms with Crippen LogP contribution < -0.4 is 11.3 Å². The molecule has 1 aliphatic carbocycles. The van der Waals surface area contributed by atoms with E-state index in [2.05, 4.69) is 9.97 Å². The van der Waals surface area contributed by atoms with E-state index in [1.807, 2.05) is 0 Å². The molecule has 1 N–H and O–H groups in total. The molecule has 1 aliphatic rings. The van der Waals surface area contributed by atoms with Gasteiger partial charge in [-0.25, -0.2) is 9.78 Å². The van der Waals surface area contributed by atoms with Crippen LogP contribution in [0, 0.1) is 0 Å². The van der Waals surface area contributed by atoms with Gasteiger partial charge in [0.2, 0.25) is 0 Å². The van der Waals surface area contributed by atoms with Gasteiger partial charge in [-0.15, -0.1) is 11.3 Å². The number of hydrogen-bond donors (Lipinski definition) is 1. The highest BCUT2D eigenvalue weighted by molar-refractivity contribution is 7.18. The van der Waals surface area contributed by atoms with Crippen molar-refractivity contribution in [1.82, 2.24) is 14.5 Å². The van der Waals surface area contributed by atoms with Gasteiger partial charge in [-0.1, -0.05) is 11.6 Å². The number of oxazole rings is 1. The topological polar surface area (TPSA) is 107 Å². The van der Waals surface area contributed by atoms with E-state index >= 15 is 0 Å². The summed E-state index contributed by atoms with van der Waals surface area (Å²) in [5.41, 5.74) is 1.82. The van der Waals surface area contributed by atoms with Gasteiger partial charge in [-0.05, 0) is 37.0 Å². The number of nitrogens with one attached hydrogen (secondary N) is 1. The van der Waals surface area contributed by atoms with Crippen LogP contribution in [0.2, 0.25) is 5.02 Å². The van der Waals surface area contributed by atoms with E-state index in [-0.39, 0.29) is 25.1 Å². The van der Waals surface area contributed by atoms with Gasteiger partial charge >= 0.3 is 11.7 Å². The minimum absolute atomic E-state index is 0.0308. The first-order valence-corrected chi connectivity index (χ1v) is 10.7. The normalized spacial score (nSPS) is 13.2. The van der Waals surface area contributed by atoms with Gasteiger partial charge in [0, 0.05) is 22.5 Å². The highest BCUT2D eigenvalue weighted by atomic mass is 35.5. The first kappa shape index (κ1) is 19.1. The molecule has 0 amide bonds. The second-order valence-electron chi connectivity index (χ2n) is 7.09. The lowest BCUT2D eigenvalue weighted by molar-refractivity contribution is -0.145. The molecule has 1 aromatic carbocycles. The summed E-state index contributed by atoms with van der Waals surface area (Å²) in [4.78, 5) is 45.7. The molecule has 154 valence electrons. The van der Waals surface area contributed by atoms with Crippen LogP contribution in [0.5, 0.6) is 0 Å². The number of halogens is 1. The van der Waals surface area contributed by atoms with E-state index in [1.54, 1.807) is 18.2 Å². The Morgan fingerprint density at radius 3 is 3.07 bits per heavy atom. The highest BCUT2D eigenvalue weighted by Gasteiger charge is 2.21. The molecule has 0 spiro atoms. The minimum atomic E-state index is -0.567. The second-order valence-corrected chi connectivity index (χ2v) is 8.61. The maximum Gasteiger partial charge on any atom is 0.419 e. The maximum absolute atomic E-state index is 12.4. The fraction of sp³-hybridized carbons (Fsp3) is 0.300. The van der Waals surface area contributed by atoms with E-state index in [9.17, 15) is 14.4 Å². The largest absolute Gasteiger partial charge is 0.457 e. The summed E-state index contributed by atoms with van der Waals surface area (Å²) in [7, 11) is 0. The molecule has 0 aliphatic heterocycles. The first-order chi connectivity index (χ1) is 14.5. The number of nitrogens with zero attached hydrogens (tertiary/aromatic N) is 2. The van der Waals surface area contributed by atoms with Crippen molar-refractivity contribution in [2.24, 2.45) is 0 Å². The third-order valence-corrected chi connectivity index (χ3v) is 6.58. The summed E-state index contributed by atoms with van der Waals surface area (Å²) in [5.74, 6) is -0.773. The molecule has 10 heteroatoms. The molecule has 0 radical (unpaired) electrons. The zero-order valence-electron chi connectivity index (χ0n) is 15.7. The number of hydrogen-bond acceptors (Lipinski definition) is 7. The first-order valence-electron chi connectivity index (χ1n) is 9.47. The van der Waals surface area contributed by atoms with Crippen LogP contribution in [-0.4, -0.2) is 20.5 Å². The fourth-order valence-corrected chi connectivity index (χ4v) is 5.23. The molecule has 0 fully saturated rings. The smallest absolute Gasteiger partial charge is 0.419 e. The van der Waals surface area contributed by atoms with Gasteiger partial charge in [0.15, 0.2) is 5.58 Å². The highest BCUT2D eigenvalue weighted by Crippen LogP contribution is 2.34. The number of benzene rings is 1. The number of aromatic nitrogens is 3. The van der Waals surface area contributed by atoms with E-state index < -0.39 is 11.7 Å². The van der Waals surface area contributed by atoms with E-state index in [0.29, 0.717) is 32.2 Å². The van der Waals surface area contributed by atoms with E-state index in [4.69, 9.17) is 20.8 Å². The lowest BCUT2D eigenvalue weighted by Crippen LogP contribution is -2.18. The lowest BCUT2D eigenvalue weighted by Gasteiger charge is -2.05. The molecule has 3 aromatic heterocycles. The summed E-state index contributed by atoms with van der Waals surface area (Å²) in [6.07, 6.45) is 2.92. The number of fused-ring (bicyclic) bond motifs is 4. The van der Waals surface area contributed by atoms with Crippen molar-refractivity contribution in [3.63, 3.8) is 0 Å². The maximum atomic E-state index is 12.4. The minimum Gasteiger partial charge on any atom is -0.457 e. The summed E-state index contributed by atoms with van der Waals surface area (Å²) in [6.45, 7) is -0.0316. The summed E-state index contributed by atoms with van der Waals surface area (Å²) >= 11 is 7.43. The number of esters is 1. The zero-order chi connectivity index (χ0) is 20.8. The molecule has 5 rings (SSSR count). The Balaban J connectivity index is 1.26. The average Bonchev–Trinajstić information content (AvgIpc) is 3.36. The van der Waals surface area contributed by atoms with Crippen molar-refractivity contribution in [3.05, 3.63) is 60.4 Å². The predicted octanol–water partition coefficient (Wildman–Crippen LogP) is 3.17. The predicted molar refractivity (Wildman–Crippen MR) is 112 cm³/mol. The van der Waals surface area contributed by atoms with Crippen LogP contribution in [0.3, 0.4) is 0 Å². The van der Waals surface area contributed by atoms with Crippen LogP contribution in [0.1, 0.15) is 29.1 Å². The second kappa shape index (κ2) is 7.41. The Hall–Kier alpha value is -2.91. The third-order valence-electron chi connectivity index (χ3n) is 5.16. The van der Waals surface area contributed by atoms with E-state index in [0.717, 1.165) is 24.8 Å². The summed E-state index contributed by atoms with van der Waals surface area (Å²) in [6, 6.07) is 4.86. The van der Waals surface area contributed by atoms with Crippen LogP contribution in [0.4, 0.5) is 0 Å². The standard InChI is InChI=1S/C20H16ClN3O5S/c21-10-4-5-12-13(8-10)29-20(27)24(12)7-6-16(25)28-9-15-22-18(26)17-11-2-1-3-14(11)30-19(17)23-15/h4-5,8H,1-3,6-7,9H2,(H,22,23,26). The number of carbonyl (C=O) groups is 1. The molecule has 0 saturated heterocycles. The van der Waals surface area contributed by atoms with Gasteiger partial charge in [0.05, 0.1) is 17.3 Å². The quantitative estimate of drug-likeness (QED) is 0.473. The van der Waals surface area contributed by atoms with Crippen molar-refractivity contribution in [2.75, 3.05) is 0 Å². The molecule has 0 unspecified atom stereocenters. The number of rotatable bonds is 5. The van der Waals surface area contributed by atoms with Gasteiger partial charge in [0.25, 0.3) is 5.56 Å². The molecular formula is C20H16ClN3O5S. The number of H-pyrrole nitrogens is 1. The number of thiophene rings is 1. The molecule has 4 aromatic rings. The Bertz CT molecular complexity index is 1410. The average molecular weight is 446 g/mol. The summed E-state index contributed by atoms with van der Waals surface area (Å²) < 4.78 is 11.7. The van der Waals surface area contributed by atoms with Crippen molar-refractivity contribution in [2.45, 2.75) is 38.8 Å². The third kappa shape index (κ3) is 3.33. The Morgan fingerprint density at radius 2 is 2.20 bits per heavy atom. The molecule has 0 saturated carbocycles. The van der Waals surface area contributed by atoms with Crippen LogP contribution >= 0.6 is 22.9 Å². The Labute approximate surface area is 178 Å². The van der Waals surface area contributed by atoms with Gasteiger partial charge in [0.1, 0.15) is 17.3 Å². The number of ether oxygens (including phenoxy) is 1. The van der Waals surface area contributed by atoms with Gasteiger partial charge in [-0.3, -0.25) is 14.2 Å². The molecular weight excluding hydrogens is 430 g/mol. The lowest BCUT2D eigenvalue weighted by atomic mass is 10.2. The number of carbonyl (C=O) groups excluding carboxylic acids is 1.